The topological polar surface area (TPSA) is 59.6 Å². The summed E-state index contributed by atoms with van der Waals surface area (Å²) in [5.74, 6) is 1.23. The lowest BCUT2D eigenvalue weighted by Gasteiger charge is -2.15. The Labute approximate surface area is 122 Å². The number of anilines is 2. The van der Waals surface area contributed by atoms with Crippen LogP contribution in [0.15, 0.2) is 48.5 Å². The Bertz CT molecular complexity index is 643. The van der Waals surface area contributed by atoms with Crippen LogP contribution >= 0.6 is 0 Å². The summed E-state index contributed by atoms with van der Waals surface area (Å²) in [7, 11) is 0. The molecule has 0 spiro atoms. The predicted octanol–water partition coefficient (Wildman–Crippen LogP) is 2.85. The van der Waals surface area contributed by atoms with E-state index in [9.17, 15) is 4.79 Å². The van der Waals surface area contributed by atoms with Crippen LogP contribution in [-0.2, 0) is 4.79 Å². The fourth-order valence-electron chi connectivity index (χ4n) is 2.07. The van der Waals surface area contributed by atoms with Gasteiger partial charge in [0.15, 0.2) is 11.5 Å². The van der Waals surface area contributed by atoms with Gasteiger partial charge in [-0.15, -0.1) is 0 Å². The number of nitrogens with one attached hydrogen (secondary N) is 2. The molecule has 1 heterocycles. The van der Waals surface area contributed by atoms with Crippen LogP contribution in [0, 0.1) is 0 Å². The minimum atomic E-state index is -0.349. The van der Waals surface area contributed by atoms with E-state index in [0.717, 1.165) is 5.69 Å². The second-order valence-corrected chi connectivity index (χ2v) is 4.79. The number of amides is 1. The van der Waals surface area contributed by atoms with Gasteiger partial charge in [0.2, 0.25) is 12.7 Å². The van der Waals surface area contributed by atoms with Gasteiger partial charge < -0.3 is 20.1 Å². The zero-order chi connectivity index (χ0) is 14.7. The quantitative estimate of drug-likeness (QED) is 0.906. The smallest absolute Gasteiger partial charge is 0.246 e. The fourth-order valence-corrected chi connectivity index (χ4v) is 2.07. The van der Waals surface area contributed by atoms with Gasteiger partial charge in [-0.05, 0) is 31.2 Å². The standard InChI is InChI=1S/C16H16N2O3/c1-11(17-12-5-3-2-4-6-12)16(19)18-13-7-8-14-15(9-13)21-10-20-14/h2-9,11,17H,10H2,1H3,(H,18,19). The average molecular weight is 284 g/mol. The van der Waals surface area contributed by atoms with Crippen molar-refractivity contribution in [2.75, 3.05) is 17.4 Å². The molecular weight excluding hydrogens is 268 g/mol. The number of carbonyl (C=O) groups is 1. The van der Waals surface area contributed by atoms with Gasteiger partial charge in [-0.1, -0.05) is 18.2 Å². The van der Waals surface area contributed by atoms with Crippen molar-refractivity contribution < 1.29 is 14.3 Å². The van der Waals surface area contributed by atoms with Crippen molar-refractivity contribution in [3.8, 4) is 11.5 Å². The Morgan fingerprint density at radius 3 is 2.62 bits per heavy atom. The summed E-state index contributed by atoms with van der Waals surface area (Å²) in [6.07, 6.45) is 0. The van der Waals surface area contributed by atoms with Crippen LogP contribution in [0.3, 0.4) is 0 Å². The maximum absolute atomic E-state index is 12.2. The Kier molecular flexibility index (Phi) is 3.64. The van der Waals surface area contributed by atoms with Crippen molar-refractivity contribution in [2.45, 2.75) is 13.0 Å². The Morgan fingerprint density at radius 1 is 1.05 bits per heavy atom. The van der Waals surface area contributed by atoms with E-state index in [2.05, 4.69) is 10.6 Å². The maximum atomic E-state index is 12.2. The van der Waals surface area contributed by atoms with Gasteiger partial charge in [0.1, 0.15) is 6.04 Å². The van der Waals surface area contributed by atoms with Crippen molar-refractivity contribution >= 4 is 17.3 Å². The van der Waals surface area contributed by atoms with Crippen LogP contribution in [0.4, 0.5) is 11.4 Å². The minimum Gasteiger partial charge on any atom is -0.454 e. The zero-order valence-electron chi connectivity index (χ0n) is 11.6. The molecule has 1 aliphatic heterocycles. The summed E-state index contributed by atoms with van der Waals surface area (Å²) >= 11 is 0. The first kappa shape index (κ1) is 13.3. The van der Waals surface area contributed by atoms with Crippen molar-refractivity contribution in [3.05, 3.63) is 48.5 Å². The van der Waals surface area contributed by atoms with E-state index >= 15 is 0 Å². The van der Waals surface area contributed by atoms with Crippen LogP contribution in [0.2, 0.25) is 0 Å². The molecule has 2 aromatic rings. The Hall–Kier alpha value is -2.69. The van der Waals surface area contributed by atoms with Crippen LogP contribution in [0.25, 0.3) is 0 Å². The lowest BCUT2D eigenvalue weighted by molar-refractivity contribution is -0.116. The van der Waals surface area contributed by atoms with E-state index in [1.54, 1.807) is 18.2 Å². The third-order valence-electron chi connectivity index (χ3n) is 3.19. The molecule has 108 valence electrons. The molecule has 1 unspecified atom stereocenters. The molecule has 0 fully saturated rings. The number of hydrogen-bond donors (Lipinski definition) is 2. The fraction of sp³-hybridized carbons (Fsp3) is 0.188. The number of ether oxygens (including phenoxy) is 2. The van der Waals surface area contributed by atoms with Crippen LogP contribution in [0.1, 0.15) is 6.92 Å². The number of benzene rings is 2. The molecule has 0 saturated carbocycles. The normalized spacial score (nSPS) is 13.6. The number of rotatable bonds is 4. The average Bonchev–Trinajstić information content (AvgIpc) is 2.95. The number of para-hydroxylation sites is 1. The minimum absolute atomic E-state index is 0.113. The molecule has 1 aliphatic rings. The first-order valence-electron chi connectivity index (χ1n) is 6.74. The lowest BCUT2D eigenvalue weighted by atomic mass is 10.2. The molecular formula is C16H16N2O3. The van der Waals surface area contributed by atoms with Gasteiger partial charge in [-0.2, -0.15) is 0 Å². The van der Waals surface area contributed by atoms with Crippen molar-refractivity contribution in [2.24, 2.45) is 0 Å². The van der Waals surface area contributed by atoms with E-state index < -0.39 is 0 Å². The summed E-state index contributed by atoms with van der Waals surface area (Å²) in [6.45, 7) is 2.04. The predicted molar refractivity (Wildman–Crippen MR) is 80.7 cm³/mol. The third kappa shape index (κ3) is 3.08. The second-order valence-electron chi connectivity index (χ2n) is 4.79. The van der Waals surface area contributed by atoms with E-state index in [1.165, 1.54) is 0 Å². The Balaban J connectivity index is 1.63. The van der Waals surface area contributed by atoms with Crippen molar-refractivity contribution in [3.63, 3.8) is 0 Å². The highest BCUT2D eigenvalue weighted by molar-refractivity contribution is 5.96. The molecule has 0 radical (unpaired) electrons. The monoisotopic (exact) mass is 284 g/mol. The first-order chi connectivity index (χ1) is 10.2. The van der Waals surface area contributed by atoms with Gasteiger partial charge in [0, 0.05) is 17.4 Å². The summed E-state index contributed by atoms with van der Waals surface area (Å²) in [6, 6.07) is 14.6. The summed E-state index contributed by atoms with van der Waals surface area (Å²) in [5.41, 5.74) is 1.59. The second kappa shape index (κ2) is 5.75. The highest BCUT2D eigenvalue weighted by Gasteiger charge is 2.16. The maximum Gasteiger partial charge on any atom is 0.246 e. The zero-order valence-corrected chi connectivity index (χ0v) is 11.6. The molecule has 0 saturated heterocycles. The van der Waals surface area contributed by atoms with E-state index in [0.29, 0.717) is 17.2 Å². The first-order valence-corrected chi connectivity index (χ1v) is 6.74. The highest BCUT2D eigenvalue weighted by atomic mass is 16.7. The van der Waals surface area contributed by atoms with E-state index in [4.69, 9.17) is 9.47 Å². The molecule has 21 heavy (non-hydrogen) atoms. The third-order valence-corrected chi connectivity index (χ3v) is 3.19. The highest BCUT2D eigenvalue weighted by Crippen LogP contribution is 2.34. The Morgan fingerprint density at radius 2 is 1.81 bits per heavy atom. The van der Waals surface area contributed by atoms with E-state index in [1.807, 2.05) is 37.3 Å². The molecule has 1 amide bonds. The molecule has 1 atom stereocenters. The lowest BCUT2D eigenvalue weighted by Crippen LogP contribution is -2.31. The van der Waals surface area contributed by atoms with Crippen molar-refractivity contribution in [1.82, 2.24) is 0 Å². The molecule has 2 N–H and O–H groups in total. The number of carbonyl (C=O) groups excluding carboxylic acids is 1. The molecule has 3 rings (SSSR count). The molecule has 2 aromatic carbocycles. The SMILES string of the molecule is CC(Nc1ccccc1)C(=O)Nc1ccc2c(c1)OCO2. The van der Waals surface area contributed by atoms with E-state index in [-0.39, 0.29) is 18.7 Å². The summed E-state index contributed by atoms with van der Waals surface area (Å²) in [4.78, 5) is 12.2. The summed E-state index contributed by atoms with van der Waals surface area (Å²) in [5, 5.41) is 6.00. The molecule has 0 aliphatic carbocycles. The molecule has 5 nitrogen and oxygen atoms in total. The van der Waals surface area contributed by atoms with Crippen molar-refractivity contribution in [1.29, 1.82) is 0 Å². The van der Waals surface area contributed by atoms with Gasteiger partial charge in [-0.25, -0.2) is 0 Å². The van der Waals surface area contributed by atoms with Gasteiger partial charge in [0.05, 0.1) is 0 Å². The van der Waals surface area contributed by atoms with Crippen LogP contribution in [0.5, 0.6) is 11.5 Å². The van der Waals surface area contributed by atoms with Gasteiger partial charge >= 0.3 is 0 Å². The molecule has 0 aromatic heterocycles. The largest absolute Gasteiger partial charge is 0.454 e. The number of hydrogen-bond acceptors (Lipinski definition) is 4. The number of fused-ring (bicyclic) bond motifs is 1. The van der Waals surface area contributed by atoms with Gasteiger partial charge in [-0.3, -0.25) is 4.79 Å². The summed E-state index contributed by atoms with van der Waals surface area (Å²) < 4.78 is 10.5. The van der Waals surface area contributed by atoms with Gasteiger partial charge in [0.25, 0.3) is 0 Å². The van der Waals surface area contributed by atoms with Crippen LogP contribution in [-0.4, -0.2) is 18.7 Å². The molecule has 0 bridgehead atoms. The van der Waals surface area contributed by atoms with Crippen LogP contribution < -0.4 is 20.1 Å². The molecule has 5 heteroatoms.